The van der Waals surface area contributed by atoms with Crippen LogP contribution in [-0.4, -0.2) is 34.2 Å². The van der Waals surface area contributed by atoms with Crippen LogP contribution in [0.4, 0.5) is 5.82 Å². The molecule has 0 aliphatic carbocycles. The number of nitrogens with one attached hydrogen (secondary N) is 1. The first-order valence-corrected chi connectivity index (χ1v) is 6.66. The topological polar surface area (TPSA) is 59.9 Å². The molecule has 100 valence electrons. The van der Waals surface area contributed by atoms with Crippen LogP contribution in [0.25, 0.3) is 10.9 Å². The summed E-state index contributed by atoms with van der Waals surface area (Å²) in [5.74, 6) is 2.14. The van der Waals surface area contributed by atoms with Gasteiger partial charge in [-0.15, -0.1) is 0 Å². The number of fused-ring (bicyclic) bond motifs is 1. The third-order valence-corrected chi connectivity index (χ3v) is 3.66. The van der Waals surface area contributed by atoms with E-state index in [1.165, 1.54) is 0 Å². The second-order valence-corrected chi connectivity index (χ2v) is 5.07. The van der Waals surface area contributed by atoms with Gasteiger partial charge in [-0.25, -0.2) is 15.0 Å². The molecule has 0 spiro atoms. The van der Waals surface area contributed by atoms with Crippen LogP contribution in [0.1, 0.15) is 19.2 Å². The fraction of sp³-hybridized carbons (Fsp3) is 0.500. The number of aryl methyl sites for hydroxylation is 1. The van der Waals surface area contributed by atoms with Gasteiger partial charge in [-0.1, -0.05) is 0 Å². The van der Waals surface area contributed by atoms with Crippen molar-refractivity contribution in [3.05, 3.63) is 24.3 Å². The van der Waals surface area contributed by atoms with Gasteiger partial charge in [0.15, 0.2) is 5.82 Å². The molecule has 3 heterocycles. The largest absolute Gasteiger partial charge is 0.381 e. The van der Waals surface area contributed by atoms with Crippen LogP contribution >= 0.6 is 0 Å². The van der Waals surface area contributed by atoms with E-state index in [-0.39, 0.29) is 0 Å². The lowest BCUT2D eigenvalue weighted by Crippen LogP contribution is -2.26. The molecule has 2 unspecified atom stereocenters. The third-order valence-electron chi connectivity index (χ3n) is 3.66. The normalized spacial score (nSPS) is 20.6. The molecule has 5 heteroatoms. The van der Waals surface area contributed by atoms with Crippen molar-refractivity contribution in [1.29, 1.82) is 0 Å². The van der Waals surface area contributed by atoms with E-state index in [2.05, 4.69) is 27.2 Å². The summed E-state index contributed by atoms with van der Waals surface area (Å²) >= 11 is 0. The number of aromatic nitrogens is 3. The zero-order valence-electron chi connectivity index (χ0n) is 11.3. The Morgan fingerprint density at radius 2 is 2.32 bits per heavy atom. The van der Waals surface area contributed by atoms with Gasteiger partial charge in [0.25, 0.3) is 0 Å². The Hall–Kier alpha value is -1.75. The van der Waals surface area contributed by atoms with Gasteiger partial charge in [0.2, 0.25) is 0 Å². The summed E-state index contributed by atoms with van der Waals surface area (Å²) in [5, 5.41) is 4.48. The van der Waals surface area contributed by atoms with Crippen molar-refractivity contribution in [3.63, 3.8) is 0 Å². The van der Waals surface area contributed by atoms with Crippen molar-refractivity contribution in [2.24, 2.45) is 5.92 Å². The van der Waals surface area contributed by atoms with Crippen molar-refractivity contribution in [3.8, 4) is 0 Å². The van der Waals surface area contributed by atoms with Crippen molar-refractivity contribution in [1.82, 2.24) is 15.0 Å². The molecular formula is C14H18N4O. The minimum Gasteiger partial charge on any atom is -0.381 e. The van der Waals surface area contributed by atoms with E-state index in [1.54, 1.807) is 6.20 Å². The third kappa shape index (κ3) is 2.51. The zero-order chi connectivity index (χ0) is 13.2. The molecule has 0 saturated carbocycles. The number of nitrogens with zero attached hydrogens (tertiary/aromatic N) is 3. The highest BCUT2D eigenvalue weighted by Gasteiger charge is 2.23. The average molecular weight is 258 g/mol. The fourth-order valence-electron chi connectivity index (χ4n) is 2.43. The van der Waals surface area contributed by atoms with Gasteiger partial charge < -0.3 is 10.1 Å². The molecule has 2 aromatic rings. The van der Waals surface area contributed by atoms with E-state index in [0.717, 1.165) is 42.2 Å². The van der Waals surface area contributed by atoms with Gasteiger partial charge in [0, 0.05) is 36.3 Å². The second kappa shape index (κ2) is 5.09. The summed E-state index contributed by atoms with van der Waals surface area (Å²) < 4.78 is 5.44. The molecule has 0 radical (unpaired) electrons. The van der Waals surface area contributed by atoms with Crippen LogP contribution in [0.2, 0.25) is 0 Å². The molecule has 0 amide bonds. The molecule has 5 nitrogen and oxygen atoms in total. The van der Waals surface area contributed by atoms with Crippen LogP contribution in [0.5, 0.6) is 0 Å². The molecule has 3 rings (SSSR count). The molecule has 1 N–H and O–H groups in total. The smallest absolute Gasteiger partial charge is 0.152 e. The standard InChI is InChI=1S/C14H18N4O/c1-9(12-4-6-19-8-12)17-14-13-11(3-5-15-14)7-16-10(2)18-13/h3,5,7,9,12H,4,6,8H2,1-2H3,(H,15,17). The summed E-state index contributed by atoms with van der Waals surface area (Å²) in [6.45, 7) is 5.76. The predicted molar refractivity (Wildman–Crippen MR) is 74.1 cm³/mol. The first-order valence-electron chi connectivity index (χ1n) is 6.66. The van der Waals surface area contributed by atoms with Crippen LogP contribution in [-0.2, 0) is 4.74 Å². The Bertz CT molecular complexity index is 581. The van der Waals surface area contributed by atoms with Gasteiger partial charge in [0.05, 0.1) is 6.61 Å². The summed E-state index contributed by atoms with van der Waals surface area (Å²) in [7, 11) is 0. The number of pyridine rings is 1. The Balaban J connectivity index is 1.89. The lowest BCUT2D eigenvalue weighted by atomic mass is 10.0. The summed E-state index contributed by atoms with van der Waals surface area (Å²) in [5.41, 5.74) is 0.890. The maximum Gasteiger partial charge on any atom is 0.152 e. The minimum absolute atomic E-state index is 0.330. The molecule has 2 aromatic heterocycles. The molecular weight excluding hydrogens is 240 g/mol. The highest BCUT2D eigenvalue weighted by molar-refractivity contribution is 5.87. The predicted octanol–water partition coefficient (Wildman–Crippen LogP) is 2.17. The first kappa shape index (κ1) is 12.3. The Morgan fingerprint density at radius 1 is 1.42 bits per heavy atom. The quantitative estimate of drug-likeness (QED) is 0.914. The van der Waals surface area contributed by atoms with Crippen LogP contribution in [0.15, 0.2) is 18.5 Å². The summed E-state index contributed by atoms with van der Waals surface area (Å²) in [4.78, 5) is 13.1. The van der Waals surface area contributed by atoms with E-state index >= 15 is 0 Å². The highest BCUT2D eigenvalue weighted by Crippen LogP contribution is 2.23. The Labute approximate surface area is 112 Å². The second-order valence-electron chi connectivity index (χ2n) is 5.07. The SMILES string of the molecule is Cc1ncc2ccnc(NC(C)C3CCOC3)c2n1. The Kier molecular flexibility index (Phi) is 3.29. The van der Waals surface area contributed by atoms with E-state index < -0.39 is 0 Å². The molecule has 19 heavy (non-hydrogen) atoms. The number of anilines is 1. The lowest BCUT2D eigenvalue weighted by Gasteiger charge is -2.20. The number of hydrogen-bond acceptors (Lipinski definition) is 5. The lowest BCUT2D eigenvalue weighted by molar-refractivity contribution is 0.183. The molecule has 1 aliphatic rings. The van der Waals surface area contributed by atoms with Gasteiger partial charge in [-0.05, 0) is 26.3 Å². The van der Waals surface area contributed by atoms with Gasteiger partial charge in [-0.3, -0.25) is 0 Å². The number of ether oxygens (including phenoxy) is 1. The zero-order valence-corrected chi connectivity index (χ0v) is 11.3. The van der Waals surface area contributed by atoms with Gasteiger partial charge in [0.1, 0.15) is 11.3 Å². The van der Waals surface area contributed by atoms with Crippen LogP contribution in [0.3, 0.4) is 0 Å². The molecule has 1 saturated heterocycles. The molecule has 2 atom stereocenters. The monoisotopic (exact) mass is 258 g/mol. The van der Waals surface area contributed by atoms with E-state index in [1.807, 2.05) is 19.2 Å². The molecule has 0 bridgehead atoms. The van der Waals surface area contributed by atoms with Crippen LogP contribution < -0.4 is 5.32 Å². The van der Waals surface area contributed by atoms with E-state index in [0.29, 0.717) is 12.0 Å². The van der Waals surface area contributed by atoms with Crippen molar-refractivity contribution >= 4 is 16.7 Å². The number of hydrogen-bond donors (Lipinski definition) is 1. The maximum atomic E-state index is 5.44. The van der Waals surface area contributed by atoms with Gasteiger partial charge in [-0.2, -0.15) is 0 Å². The van der Waals surface area contributed by atoms with Crippen molar-refractivity contribution in [2.75, 3.05) is 18.5 Å². The van der Waals surface area contributed by atoms with Crippen molar-refractivity contribution < 1.29 is 4.74 Å². The van der Waals surface area contributed by atoms with E-state index in [9.17, 15) is 0 Å². The molecule has 1 fully saturated rings. The summed E-state index contributed by atoms with van der Waals surface area (Å²) in [6.07, 6.45) is 4.74. The number of rotatable bonds is 3. The maximum absolute atomic E-state index is 5.44. The van der Waals surface area contributed by atoms with E-state index in [4.69, 9.17) is 4.74 Å². The van der Waals surface area contributed by atoms with Crippen molar-refractivity contribution in [2.45, 2.75) is 26.3 Å². The molecule has 0 aromatic carbocycles. The van der Waals surface area contributed by atoms with Gasteiger partial charge >= 0.3 is 0 Å². The first-order chi connectivity index (χ1) is 9.24. The highest BCUT2D eigenvalue weighted by atomic mass is 16.5. The minimum atomic E-state index is 0.330. The summed E-state index contributed by atoms with van der Waals surface area (Å²) in [6, 6.07) is 2.26. The molecule has 1 aliphatic heterocycles. The Morgan fingerprint density at radius 3 is 3.11 bits per heavy atom. The average Bonchev–Trinajstić information content (AvgIpc) is 2.93. The van der Waals surface area contributed by atoms with Crippen LogP contribution in [0, 0.1) is 12.8 Å². The fourth-order valence-corrected chi connectivity index (χ4v) is 2.43.